The number of imidazole rings is 1. The predicted octanol–water partition coefficient (Wildman–Crippen LogP) is 4.54. The number of carbonyl (C=O) groups excluding carboxylic acids is 2. The number of benzene rings is 2. The van der Waals surface area contributed by atoms with Gasteiger partial charge in [-0.1, -0.05) is 24.3 Å². The Labute approximate surface area is 218 Å². The Kier molecular flexibility index (Phi) is 6.84. The Morgan fingerprint density at radius 2 is 1.68 bits per heavy atom. The maximum Gasteiger partial charge on any atom is 0.410 e. The van der Waals surface area contributed by atoms with Crippen LogP contribution in [0.1, 0.15) is 33.6 Å². The van der Waals surface area contributed by atoms with Gasteiger partial charge in [-0.15, -0.1) is 0 Å². The summed E-state index contributed by atoms with van der Waals surface area (Å²) in [6, 6.07) is 16.7. The van der Waals surface area contributed by atoms with E-state index in [1.807, 2.05) is 43.9 Å². The largest absolute Gasteiger partial charge is 0.444 e. The van der Waals surface area contributed by atoms with Crippen molar-refractivity contribution in [1.82, 2.24) is 19.4 Å². The topological polar surface area (TPSA) is 70.9 Å². The fourth-order valence-electron chi connectivity index (χ4n) is 5.35. The minimum absolute atomic E-state index is 0.0405. The molecule has 1 atom stereocenters. The van der Waals surface area contributed by atoms with Crippen LogP contribution in [0.25, 0.3) is 22.4 Å². The van der Waals surface area contributed by atoms with Crippen LogP contribution in [0.2, 0.25) is 0 Å². The number of aryl methyl sites for hydroxylation is 1. The molecule has 2 fully saturated rings. The van der Waals surface area contributed by atoms with Crippen molar-refractivity contribution in [2.45, 2.75) is 39.2 Å². The van der Waals surface area contributed by atoms with Crippen LogP contribution in [0.4, 0.5) is 10.5 Å². The van der Waals surface area contributed by atoms with Crippen LogP contribution in [0, 0.1) is 5.92 Å². The van der Waals surface area contributed by atoms with Crippen molar-refractivity contribution in [2.75, 3.05) is 44.2 Å². The van der Waals surface area contributed by atoms with Crippen molar-refractivity contribution >= 4 is 28.7 Å². The normalized spacial score (nSPS) is 18.8. The molecule has 0 saturated carbocycles. The van der Waals surface area contributed by atoms with Gasteiger partial charge in [0.25, 0.3) is 0 Å². The molecule has 2 saturated heterocycles. The van der Waals surface area contributed by atoms with E-state index in [0.717, 1.165) is 47.5 Å². The van der Waals surface area contributed by atoms with Gasteiger partial charge in [0.2, 0.25) is 5.91 Å². The maximum atomic E-state index is 13.4. The Morgan fingerprint density at radius 3 is 2.41 bits per heavy atom. The number of para-hydroxylation sites is 2. The average molecular weight is 504 g/mol. The summed E-state index contributed by atoms with van der Waals surface area (Å²) in [6.45, 7) is 9.37. The van der Waals surface area contributed by atoms with Gasteiger partial charge in [0.05, 0.1) is 17.0 Å². The molecule has 3 heterocycles. The number of anilines is 1. The quantitative estimate of drug-likeness (QED) is 0.525. The summed E-state index contributed by atoms with van der Waals surface area (Å²) in [4.78, 5) is 36.6. The number of amides is 2. The Hall–Kier alpha value is -3.55. The van der Waals surface area contributed by atoms with Gasteiger partial charge in [-0.05, 0) is 57.9 Å². The highest BCUT2D eigenvalue weighted by molar-refractivity contribution is 5.82. The SMILES string of the molecule is Cn1c(-c2cccc(N3CCCC(C(=O)N4CCN(C(=O)OC(C)(C)C)CC4)C3)c2)nc2ccccc21. The van der Waals surface area contributed by atoms with E-state index < -0.39 is 5.60 Å². The Morgan fingerprint density at radius 1 is 0.946 bits per heavy atom. The van der Waals surface area contributed by atoms with Crippen molar-refractivity contribution in [3.63, 3.8) is 0 Å². The Bertz CT molecular complexity index is 1290. The second-order valence-electron chi connectivity index (χ2n) is 11.1. The van der Waals surface area contributed by atoms with E-state index >= 15 is 0 Å². The lowest BCUT2D eigenvalue weighted by atomic mass is 9.95. The number of piperidine rings is 1. The first-order chi connectivity index (χ1) is 17.7. The third-order valence-electron chi connectivity index (χ3n) is 7.27. The molecule has 37 heavy (non-hydrogen) atoms. The first-order valence-corrected chi connectivity index (χ1v) is 13.2. The summed E-state index contributed by atoms with van der Waals surface area (Å²) in [7, 11) is 2.05. The number of hydrogen-bond acceptors (Lipinski definition) is 5. The fraction of sp³-hybridized carbons (Fsp3) is 0.483. The minimum atomic E-state index is -0.517. The lowest BCUT2D eigenvalue weighted by Crippen LogP contribution is -2.54. The van der Waals surface area contributed by atoms with Crippen molar-refractivity contribution in [1.29, 1.82) is 0 Å². The monoisotopic (exact) mass is 503 g/mol. The summed E-state index contributed by atoms with van der Waals surface area (Å²) in [5.74, 6) is 1.09. The van der Waals surface area contributed by atoms with Crippen molar-refractivity contribution < 1.29 is 14.3 Å². The van der Waals surface area contributed by atoms with Crippen LogP contribution in [0.15, 0.2) is 48.5 Å². The summed E-state index contributed by atoms with van der Waals surface area (Å²) in [5, 5.41) is 0. The molecule has 196 valence electrons. The second kappa shape index (κ2) is 10.1. The highest BCUT2D eigenvalue weighted by Gasteiger charge is 2.33. The van der Waals surface area contributed by atoms with E-state index in [4.69, 9.17) is 9.72 Å². The van der Waals surface area contributed by atoms with Crippen LogP contribution in [0.3, 0.4) is 0 Å². The third kappa shape index (κ3) is 5.43. The number of fused-ring (bicyclic) bond motifs is 1. The van der Waals surface area contributed by atoms with E-state index in [1.54, 1.807) is 4.90 Å². The highest BCUT2D eigenvalue weighted by Crippen LogP contribution is 2.30. The molecule has 2 amide bonds. The second-order valence-corrected chi connectivity index (χ2v) is 11.1. The Balaban J connectivity index is 1.24. The van der Waals surface area contributed by atoms with Crippen LogP contribution in [-0.4, -0.2) is 76.2 Å². The molecular weight excluding hydrogens is 466 g/mol. The molecule has 2 aromatic carbocycles. The van der Waals surface area contributed by atoms with Gasteiger partial charge in [0.15, 0.2) is 0 Å². The minimum Gasteiger partial charge on any atom is -0.444 e. The summed E-state index contributed by atoms with van der Waals surface area (Å²) < 4.78 is 7.62. The maximum absolute atomic E-state index is 13.4. The van der Waals surface area contributed by atoms with E-state index in [2.05, 4.69) is 46.8 Å². The molecule has 0 N–H and O–H groups in total. The van der Waals surface area contributed by atoms with Gasteiger partial charge in [-0.25, -0.2) is 9.78 Å². The zero-order valence-electron chi connectivity index (χ0n) is 22.3. The van der Waals surface area contributed by atoms with E-state index in [0.29, 0.717) is 32.7 Å². The standard InChI is InChI=1S/C29H37N5O3/c1-29(2,3)37-28(36)33-17-15-32(16-18-33)27(35)22-10-8-14-34(20-22)23-11-7-9-21(19-23)26-30-24-12-5-6-13-25(24)31(26)4/h5-7,9,11-13,19,22H,8,10,14-18,20H2,1-4H3. The molecule has 5 rings (SSSR count). The fourth-order valence-corrected chi connectivity index (χ4v) is 5.35. The lowest BCUT2D eigenvalue weighted by Gasteiger charge is -2.39. The molecule has 0 aliphatic carbocycles. The molecule has 1 unspecified atom stereocenters. The summed E-state index contributed by atoms with van der Waals surface area (Å²) in [5.41, 5.74) is 3.77. The van der Waals surface area contributed by atoms with E-state index in [-0.39, 0.29) is 17.9 Å². The lowest BCUT2D eigenvalue weighted by molar-refractivity contribution is -0.137. The molecule has 0 radical (unpaired) electrons. The number of ether oxygens (including phenoxy) is 1. The van der Waals surface area contributed by atoms with Gasteiger partial charge in [0.1, 0.15) is 11.4 Å². The number of piperazine rings is 1. The van der Waals surface area contributed by atoms with Gasteiger partial charge in [0, 0.05) is 57.6 Å². The predicted molar refractivity (Wildman–Crippen MR) is 145 cm³/mol. The van der Waals surface area contributed by atoms with Gasteiger partial charge in [-0.2, -0.15) is 0 Å². The number of hydrogen-bond donors (Lipinski definition) is 0. The average Bonchev–Trinajstić information content (AvgIpc) is 3.24. The smallest absolute Gasteiger partial charge is 0.410 e. The number of rotatable bonds is 3. The molecule has 0 spiro atoms. The van der Waals surface area contributed by atoms with Crippen LogP contribution in [0.5, 0.6) is 0 Å². The molecule has 8 nitrogen and oxygen atoms in total. The van der Waals surface area contributed by atoms with Gasteiger partial charge >= 0.3 is 6.09 Å². The van der Waals surface area contributed by atoms with Crippen molar-refractivity contribution in [2.24, 2.45) is 13.0 Å². The number of nitrogens with zero attached hydrogens (tertiary/aromatic N) is 5. The van der Waals surface area contributed by atoms with Gasteiger partial charge in [-0.3, -0.25) is 4.79 Å². The number of carbonyl (C=O) groups is 2. The zero-order valence-corrected chi connectivity index (χ0v) is 22.3. The van der Waals surface area contributed by atoms with Crippen LogP contribution >= 0.6 is 0 Å². The summed E-state index contributed by atoms with van der Waals surface area (Å²) in [6.07, 6.45) is 1.57. The van der Waals surface area contributed by atoms with E-state index in [9.17, 15) is 9.59 Å². The molecule has 0 bridgehead atoms. The first kappa shape index (κ1) is 25.1. The molecule has 2 aliphatic rings. The number of aromatic nitrogens is 2. The first-order valence-electron chi connectivity index (χ1n) is 13.2. The van der Waals surface area contributed by atoms with Crippen molar-refractivity contribution in [3.05, 3.63) is 48.5 Å². The third-order valence-corrected chi connectivity index (χ3v) is 7.27. The molecule has 8 heteroatoms. The van der Waals surface area contributed by atoms with Gasteiger partial charge < -0.3 is 24.0 Å². The molecule has 2 aliphatic heterocycles. The molecular formula is C29H37N5O3. The molecule has 1 aromatic heterocycles. The van der Waals surface area contributed by atoms with Crippen LogP contribution in [-0.2, 0) is 16.6 Å². The zero-order chi connectivity index (χ0) is 26.2. The van der Waals surface area contributed by atoms with Crippen LogP contribution < -0.4 is 4.90 Å². The van der Waals surface area contributed by atoms with Crippen molar-refractivity contribution in [3.8, 4) is 11.4 Å². The molecule has 3 aromatic rings. The summed E-state index contributed by atoms with van der Waals surface area (Å²) >= 11 is 0. The highest BCUT2D eigenvalue weighted by atomic mass is 16.6. The van der Waals surface area contributed by atoms with E-state index in [1.165, 1.54) is 0 Å².